The topological polar surface area (TPSA) is 37.8 Å². The van der Waals surface area contributed by atoms with Gasteiger partial charge in [-0.1, -0.05) is 12.1 Å². The summed E-state index contributed by atoms with van der Waals surface area (Å²) in [5.74, 6) is 2.40. The zero-order chi connectivity index (χ0) is 19.3. The molecular formula is C23H31N3O2. The lowest BCUT2D eigenvalue weighted by atomic mass is 9.94. The van der Waals surface area contributed by atoms with Crippen molar-refractivity contribution >= 4 is 0 Å². The number of aromatic nitrogens is 1. The van der Waals surface area contributed by atoms with E-state index in [-0.39, 0.29) is 0 Å². The molecule has 4 heterocycles. The molecule has 1 aromatic carbocycles. The minimum Gasteiger partial charge on any atom is -0.493 e. The molecule has 1 aromatic heterocycles. The molecule has 0 unspecified atom stereocenters. The predicted octanol–water partition coefficient (Wildman–Crippen LogP) is 3.59. The second kappa shape index (κ2) is 8.93. The Labute approximate surface area is 168 Å². The molecule has 3 aliphatic heterocycles. The van der Waals surface area contributed by atoms with Gasteiger partial charge in [-0.3, -0.25) is 14.8 Å². The Bertz CT molecular complexity index is 768. The van der Waals surface area contributed by atoms with Gasteiger partial charge in [-0.25, -0.2) is 0 Å². The first-order chi connectivity index (χ1) is 13.7. The van der Waals surface area contributed by atoms with Gasteiger partial charge in [0.25, 0.3) is 0 Å². The normalized spacial score (nSPS) is 22.8. The molecule has 0 amide bonds. The minimum atomic E-state index is 0.611. The van der Waals surface area contributed by atoms with Gasteiger partial charge in [0.05, 0.1) is 19.4 Å². The molecule has 28 heavy (non-hydrogen) atoms. The summed E-state index contributed by atoms with van der Waals surface area (Å²) in [5.41, 5.74) is 2.47. The highest BCUT2D eigenvalue weighted by Gasteiger charge is 2.34. The van der Waals surface area contributed by atoms with E-state index in [1.165, 1.54) is 37.2 Å². The van der Waals surface area contributed by atoms with Crippen molar-refractivity contribution in [2.24, 2.45) is 5.92 Å². The summed E-state index contributed by atoms with van der Waals surface area (Å²) < 4.78 is 11.2. The van der Waals surface area contributed by atoms with Crippen molar-refractivity contribution in [2.75, 3.05) is 33.4 Å². The molecule has 5 nitrogen and oxygen atoms in total. The van der Waals surface area contributed by atoms with Crippen LogP contribution in [0.1, 0.15) is 31.0 Å². The highest BCUT2D eigenvalue weighted by atomic mass is 16.5. The van der Waals surface area contributed by atoms with Crippen molar-refractivity contribution in [3.05, 3.63) is 53.9 Å². The van der Waals surface area contributed by atoms with E-state index in [4.69, 9.17) is 9.47 Å². The Kier molecular flexibility index (Phi) is 6.13. The van der Waals surface area contributed by atoms with Crippen LogP contribution in [0.3, 0.4) is 0 Å². The van der Waals surface area contributed by atoms with Crippen LogP contribution in [0.25, 0.3) is 0 Å². The highest BCUT2D eigenvalue weighted by molar-refractivity contribution is 5.43. The number of fused-ring (bicyclic) bond motifs is 4. The van der Waals surface area contributed by atoms with Crippen molar-refractivity contribution in [2.45, 2.75) is 38.9 Å². The molecule has 5 rings (SSSR count). The summed E-state index contributed by atoms with van der Waals surface area (Å²) in [6.45, 7) is 8.07. The molecule has 3 aliphatic rings. The molecule has 3 fully saturated rings. The van der Waals surface area contributed by atoms with Gasteiger partial charge < -0.3 is 9.47 Å². The molecule has 0 N–H and O–H groups in total. The van der Waals surface area contributed by atoms with Gasteiger partial charge in [0.2, 0.25) is 0 Å². The zero-order valence-electron chi connectivity index (χ0n) is 17.0. The van der Waals surface area contributed by atoms with Gasteiger partial charge in [0.15, 0.2) is 11.5 Å². The van der Waals surface area contributed by atoms with E-state index in [1.54, 1.807) is 7.11 Å². The Morgan fingerprint density at radius 2 is 1.96 bits per heavy atom. The summed E-state index contributed by atoms with van der Waals surface area (Å²) in [6.07, 6.45) is 4.53. The Balaban J connectivity index is 1.44. The maximum Gasteiger partial charge on any atom is 0.161 e. The van der Waals surface area contributed by atoms with Gasteiger partial charge >= 0.3 is 0 Å². The second-order valence-corrected chi connectivity index (χ2v) is 7.96. The molecule has 2 aromatic rings. The first-order valence-electron chi connectivity index (χ1n) is 10.4. The highest BCUT2D eigenvalue weighted by Crippen LogP contribution is 2.32. The maximum atomic E-state index is 5.77. The van der Waals surface area contributed by atoms with Crippen LogP contribution in [0.2, 0.25) is 0 Å². The first-order valence-corrected chi connectivity index (χ1v) is 10.4. The Morgan fingerprint density at radius 1 is 1.04 bits per heavy atom. The van der Waals surface area contributed by atoms with E-state index >= 15 is 0 Å². The third kappa shape index (κ3) is 4.47. The minimum absolute atomic E-state index is 0.611. The SMILES string of the molecule is CCOc1cc(CN2C[C@H]3CC[C@@H]2CN(Cc2ccccn2)C3)ccc1OC. The summed E-state index contributed by atoms with van der Waals surface area (Å²) in [4.78, 5) is 9.80. The molecule has 0 aliphatic carbocycles. The summed E-state index contributed by atoms with van der Waals surface area (Å²) in [6, 6.07) is 13.2. The molecule has 2 atom stereocenters. The quantitative estimate of drug-likeness (QED) is 0.733. The fourth-order valence-electron chi connectivity index (χ4n) is 4.64. The van der Waals surface area contributed by atoms with Crippen LogP contribution < -0.4 is 9.47 Å². The average molecular weight is 382 g/mol. The second-order valence-electron chi connectivity index (χ2n) is 7.96. The molecule has 0 saturated carbocycles. The van der Waals surface area contributed by atoms with Crippen LogP contribution in [0.4, 0.5) is 0 Å². The summed E-state index contributed by atoms with van der Waals surface area (Å²) in [5, 5.41) is 0. The number of benzene rings is 1. The van der Waals surface area contributed by atoms with E-state index in [0.717, 1.165) is 37.1 Å². The fourth-order valence-corrected chi connectivity index (χ4v) is 4.64. The van der Waals surface area contributed by atoms with Crippen LogP contribution in [0.15, 0.2) is 42.6 Å². The molecule has 0 spiro atoms. The van der Waals surface area contributed by atoms with Gasteiger partial charge in [-0.15, -0.1) is 0 Å². The lowest BCUT2D eigenvalue weighted by Crippen LogP contribution is -2.43. The standard InChI is InChI=1S/C23H31N3O2/c1-3-28-23-12-18(8-10-22(23)27-2)14-26-15-19-7-9-21(26)17-25(13-19)16-20-6-4-5-11-24-20/h4-6,8,10-12,19,21H,3,7,9,13-17H2,1-2H3/t19-,21+/m0/s1. The molecule has 0 radical (unpaired) electrons. The smallest absolute Gasteiger partial charge is 0.161 e. The Hall–Kier alpha value is -2.11. The number of rotatable bonds is 7. The van der Waals surface area contributed by atoms with Gasteiger partial charge in [0.1, 0.15) is 0 Å². The predicted molar refractivity (Wildman–Crippen MR) is 111 cm³/mol. The van der Waals surface area contributed by atoms with Gasteiger partial charge in [0, 0.05) is 45.0 Å². The average Bonchev–Trinajstić information content (AvgIpc) is 3.00. The molecular weight excluding hydrogens is 350 g/mol. The number of nitrogens with zero attached hydrogens (tertiary/aromatic N) is 3. The number of methoxy groups -OCH3 is 1. The van der Waals surface area contributed by atoms with E-state index < -0.39 is 0 Å². The largest absolute Gasteiger partial charge is 0.493 e. The van der Waals surface area contributed by atoms with Crippen molar-refractivity contribution in [3.63, 3.8) is 0 Å². The van der Waals surface area contributed by atoms with Gasteiger partial charge in [-0.05, 0) is 55.5 Å². The number of ether oxygens (including phenoxy) is 2. The van der Waals surface area contributed by atoms with E-state index in [2.05, 4.69) is 39.0 Å². The molecule has 5 heteroatoms. The van der Waals surface area contributed by atoms with Gasteiger partial charge in [-0.2, -0.15) is 0 Å². The molecule has 3 saturated heterocycles. The monoisotopic (exact) mass is 381 g/mol. The lowest BCUT2D eigenvalue weighted by Gasteiger charge is -2.36. The molecule has 2 bridgehead atoms. The summed E-state index contributed by atoms with van der Waals surface area (Å²) in [7, 11) is 1.70. The molecule has 150 valence electrons. The van der Waals surface area contributed by atoms with E-state index in [1.807, 2.05) is 25.3 Å². The lowest BCUT2D eigenvalue weighted by molar-refractivity contribution is 0.123. The van der Waals surface area contributed by atoms with Crippen LogP contribution >= 0.6 is 0 Å². The number of pyridine rings is 1. The zero-order valence-corrected chi connectivity index (χ0v) is 17.0. The fraction of sp³-hybridized carbons (Fsp3) is 0.522. The summed E-state index contributed by atoms with van der Waals surface area (Å²) >= 11 is 0. The number of hydrogen-bond donors (Lipinski definition) is 0. The van der Waals surface area contributed by atoms with Crippen molar-refractivity contribution in [1.82, 2.24) is 14.8 Å². The van der Waals surface area contributed by atoms with E-state index in [0.29, 0.717) is 12.6 Å². The van der Waals surface area contributed by atoms with Crippen LogP contribution in [0.5, 0.6) is 11.5 Å². The van der Waals surface area contributed by atoms with Crippen molar-refractivity contribution in [3.8, 4) is 11.5 Å². The number of hydrogen-bond acceptors (Lipinski definition) is 5. The van der Waals surface area contributed by atoms with E-state index in [9.17, 15) is 0 Å². The van der Waals surface area contributed by atoms with Crippen LogP contribution in [0, 0.1) is 5.92 Å². The van der Waals surface area contributed by atoms with Crippen molar-refractivity contribution in [1.29, 1.82) is 0 Å². The van der Waals surface area contributed by atoms with Crippen LogP contribution in [-0.2, 0) is 13.1 Å². The number of piperidine rings is 1. The first kappa shape index (κ1) is 19.2. The van der Waals surface area contributed by atoms with Crippen LogP contribution in [-0.4, -0.2) is 54.2 Å². The van der Waals surface area contributed by atoms with Crippen molar-refractivity contribution < 1.29 is 9.47 Å². The third-order valence-corrected chi connectivity index (χ3v) is 5.93. The maximum absolute atomic E-state index is 5.77. The third-order valence-electron chi connectivity index (χ3n) is 5.93. The Morgan fingerprint density at radius 3 is 2.75 bits per heavy atom.